The number of benzene rings is 2. The summed E-state index contributed by atoms with van der Waals surface area (Å²) >= 11 is 0. The number of hydrogen-bond acceptors (Lipinski definition) is 5. The van der Waals surface area contributed by atoms with Gasteiger partial charge in [-0.3, -0.25) is 4.79 Å². The molecule has 0 aliphatic heterocycles. The second-order valence-corrected chi connectivity index (χ2v) is 6.23. The maximum Gasteiger partial charge on any atom is 0.358 e. The molecule has 2 aromatic carbocycles. The number of aromatic hydroxyl groups is 1. The highest BCUT2D eigenvalue weighted by molar-refractivity contribution is 5.90. The number of aromatic carboxylic acids is 1. The van der Waals surface area contributed by atoms with Crippen molar-refractivity contribution < 1.29 is 19.8 Å². The van der Waals surface area contributed by atoms with Gasteiger partial charge >= 0.3 is 12.0 Å². The molecule has 2 amide bonds. The molecule has 0 atom stereocenters. The summed E-state index contributed by atoms with van der Waals surface area (Å²) in [4.78, 5) is 41.2. The van der Waals surface area contributed by atoms with Gasteiger partial charge in [-0.15, -0.1) is 0 Å². The molecule has 0 spiro atoms. The van der Waals surface area contributed by atoms with Crippen molar-refractivity contribution in [2.24, 2.45) is 0 Å². The normalized spacial score (nSPS) is 10.4. The lowest BCUT2D eigenvalue weighted by molar-refractivity contribution is 0.0686. The summed E-state index contributed by atoms with van der Waals surface area (Å²) in [7, 11) is 0. The number of nitrogens with zero attached hydrogens (tertiary/aromatic N) is 1. The van der Waals surface area contributed by atoms with Crippen LogP contribution < -0.4 is 16.2 Å². The topological polar surface area (TPSA) is 144 Å². The van der Waals surface area contributed by atoms with Crippen LogP contribution in [0.1, 0.15) is 21.6 Å². The summed E-state index contributed by atoms with van der Waals surface area (Å²) in [6.45, 7) is 2.31. The molecule has 9 heteroatoms. The maximum atomic E-state index is 12.2. The van der Waals surface area contributed by atoms with Crippen molar-refractivity contribution in [3.05, 3.63) is 75.7 Å². The lowest BCUT2D eigenvalue weighted by Crippen LogP contribution is -2.28. The highest BCUT2D eigenvalue weighted by Crippen LogP contribution is 2.20. The number of carboxylic acids is 1. The largest absolute Gasteiger partial charge is 0.501 e. The highest BCUT2D eigenvalue weighted by Gasteiger charge is 2.17. The molecule has 0 aliphatic carbocycles. The predicted octanol–water partition coefficient (Wildman–Crippen LogP) is 2.47. The minimum absolute atomic E-state index is 0.0471. The van der Waals surface area contributed by atoms with Crippen LogP contribution in [-0.2, 0) is 6.54 Å². The van der Waals surface area contributed by atoms with E-state index in [0.717, 1.165) is 11.1 Å². The minimum atomic E-state index is -1.53. The van der Waals surface area contributed by atoms with Gasteiger partial charge in [0.05, 0.1) is 0 Å². The van der Waals surface area contributed by atoms with E-state index in [-0.39, 0.29) is 5.82 Å². The van der Waals surface area contributed by atoms with Gasteiger partial charge in [0.25, 0.3) is 5.56 Å². The fraction of sp³-hybridized carbons (Fsp3) is 0.100. The Bertz CT molecular complexity index is 1140. The van der Waals surface area contributed by atoms with E-state index in [0.29, 0.717) is 17.8 Å². The maximum absolute atomic E-state index is 12.2. The molecule has 9 nitrogen and oxygen atoms in total. The van der Waals surface area contributed by atoms with Crippen molar-refractivity contribution in [1.29, 1.82) is 0 Å². The zero-order valence-electron chi connectivity index (χ0n) is 15.4. The zero-order valence-corrected chi connectivity index (χ0v) is 15.4. The molecule has 0 radical (unpaired) electrons. The van der Waals surface area contributed by atoms with E-state index in [1.165, 1.54) is 6.07 Å². The van der Waals surface area contributed by atoms with Gasteiger partial charge in [-0.25, -0.2) is 14.6 Å². The van der Waals surface area contributed by atoms with E-state index in [9.17, 15) is 19.5 Å². The van der Waals surface area contributed by atoms with Crippen molar-refractivity contribution in [3.8, 4) is 17.1 Å². The SMILES string of the molecule is Cc1ccccc1CNC(=O)Nc1cccc(-c2nc(C(=O)O)c(O)c(=O)[nH]2)c1. The molecule has 1 heterocycles. The first-order valence-corrected chi connectivity index (χ1v) is 8.61. The molecule has 0 bridgehead atoms. The number of aromatic nitrogens is 2. The molecule has 0 unspecified atom stereocenters. The van der Waals surface area contributed by atoms with Crippen LogP contribution in [0.3, 0.4) is 0 Å². The second kappa shape index (κ2) is 8.26. The number of carbonyl (C=O) groups excluding carboxylic acids is 1. The summed E-state index contributed by atoms with van der Waals surface area (Å²) in [6, 6.07) is 13.6. The van der Waals surface area contributed by atoms with Gasteiger partial charge in [0.1, 0.15) is 5.82 Å². The van der Waals surface area contributed by atoms with Crippen molar-refractivity contribution in [2.75, 3.05) is 5.32 Å². The van der Waals surface area contributed by atoms with Crippen LogP contribution in [0.25, 0.3) is 11.4 Å². The lowest BCUT2D eigenvalue weighted by atomic mass is 10.1. The van der Waals surface area contributed by atoms with Gasteiger partial charge in [-0.2, -0.15) is 0 Å². The molecule has 3 rings (SSSR count). The Kier molecular flexibility index (Phi) is 5.59. The first kappa shape index (κ1) is 19.6. The molecular formula is C20H18N4O5. The average molecular weight is 394 g/mol. The third-order valence-corrected chi connectivity index (χ3v) is 4.19. The van der Waals surface area contributed by atoms with Gasteiger partial charge < -0.3 is 25.8 Å². The Morgan fingerprint density at radius 2 is 1.90 bits per heavy atom. The van der Waals surface area contributed by atoms with Crippen LogP contribution in [0.5, 0.6) is 5.75 Å². The smallest absolute Gasteiger partial charge is 0.358 e. The molecule has 148 valence electrons. The quantitative estimate of drug-likeness (QED) is 0.450. The summed E-state index contributed by atoms with van der Waals surface area (Å²) in [5, 5.41) is 24.0. The fourth-order valence-electron chi connectivity index (χ4n) is 2.66. The predicted molar refractivity (Wildman–Crippen MR) is 106 cm³/mol. The number of urea groups is 1. The molecule has 29 heavy (non-hydrogen) atoms. The number of rotatable bonds is 5. The van der Waals surface area contributed by atoms with Crippen LogP contribution in [0.2, 0.25) is 0 Å². The Balaban J connectivity index is 1.76. The van der Waals surface area contributed by atoms with E-state index in [1.807, 2.05) is 31.2 Å². The summed E-state index contributed by atoms with van der Waals surface area (Å²) in [5.41, 5.74) is 1.10. The molecule has 0 fully saturated rings. The molecule has 0 aliphatic rings. The van der Waals surface area contributed by atoms with Gasteiger partial charge in [-0.05, 0) is 30.2 Å². The van der Waals surface area contributed by atoms with Crippen LogP contribution >= 0.6 is 0 Å². The van der Waals surface area contributed by atoms with Gasteiger partial charge in [0.2, 0.25) is 5.75 Å². The van der Waals surface area contributed by atoms with E-state index >= 15 is 0 Å². The zero-order chi connectivity index (χ0) is 21.0. The summed E-state index contributed by atoms with van der Waals surface area (Å²) in [5.74, 6) is -2.54. The monoisotopic (exact) mass is 394 g/mol. The Morgan fingerprint density at radius 1 is 1.14 bits per heavy atom. The number of carboxylic acid groups (broad SMARTS) is 1. The molecule has 0 saturated carbocycles. The molecule has 3 aromatic rings. The molecule has 1 aromatic heterocycles. The van der Waals surface area contributed by atoms with Gasteiger partial charge in [0, 0.05) is 17.8 Å². The summed E-state index contributed by atoms with van der Waals surface area (Å²) in [6.07, 6.45) is 0. The molecule has 0 saturated heterocycles. The first-order valence-electron chi connectivity index (χ1n) is 8.61. The standard InChI is InChI=1S/C20H18N4O5/c1-11-5-2-3-6-13(11)10-21-20(29)22-14-8-4-7-12(9-14)17-23-15(19(27)28)16(25)18(26)24-17/h2-9,25H,10H2,1H3,(H,27,28)(H2,21,22,29)(H,23,24,26). The number of anilines is 1. The van der Waals surface area contributed by atoms with Gasteiger partial charge in [0.15, 0.2) is 5.69 Å². The van der Waals surface area contributed by atoms with E-state index in [4.69, 9.17) is 5.11 Å². The van der Waals surface area contributed by atoms with Crippen LogP contribution in [0.4, 0.5) is 10.5 Å². The van der Waals surface area contributed by atoms with Crippen molar-refractivity contribution in [1.82, 2.24) is 15.3 Å². The number of aryl methyl sites for hydroxylation is 1. The van der Waals surface area contributed by atoms with E-state index in [1.54, 1.807) is 18.2 Å². The van der Waals surface area contributed by atoms with Gasteiger partial charge in [-0.1, -0.05) is 36.4 Å². The van der Waals surface area contributed by atoms with Crippen molar-refractivity contribution in [2.45, 2.75) is 13.5 Å². The summed E-state index contributed by atoms with van der Waals surface area (Å²) < 4.78 is 0. The number of H-pyrrole nitrogens is 1. The van der Waals surface area contributed by atoms with Crippen molar-refractivity contribution in [3.63, 3.8) is 0 Å². The van der Waals surface area contributed by atoms with Crippen molar-refractivity contribution >= 4 is 17.7 Å². The van der Waals surface area contributed by atoms with Crippen LogP contribution in [-0.4, -0.2) is 32.2 Å². The highest BCUT2D eigenvalue weighted by atomic mass is 16.4. The van der Waals surface area contributed by atoms with Crippen LogP contribution in [0, 0.1) is 6.92 Å². The van der Waals surface area contributed by atoms with E-state index < -0.39 is 29.0 Å². The van der Waals surface area contributed by atoms with Crippen LogP contribution in [0.15, 0.2) is 53.3 Å². The number of nitrogens with one attached hydrogen (secondary N) is 3. The molecule has 5 N–H and O–H groups in total. The first-order chi connectivity index (χ1) is 13.8. The van der Waals surface area contributed by atoms with E-state index in [2.05, 4.69) is 20.6 Å². The number of hydrogen-bond donors (Lipinski definition) is 5. The Labute approximate surface area is 165 Å². The fourth-order valence-corrected chi connectivity index (χ4v) is 2.66. The third-order valence-electron chi connectivity index (χ3n) is 4.19. The Morgan fingerprint density at radius 3 is 2.62 bits per heavy atom. The molecular weight excluding hydrogens is 376 g/mol. The lowest BCUT2D eigenvalue weighted by Gasteiger charge is -2.10. The Hall–Kier alpha value is -4.14. The minimum Gasteiger partial charge on any atom is -0.501 e. The number of aromatic amines is 1. The second-order valence-electron chi connectivity index (χ2n) is 6.23. The average Bonchev–Trinajstić information content (AvgIpc) is 2.69. The third kappa shape index (κ3) is 4.59. The number of amides is 2. The number of carbonyl (C=O) groups is 2.